The zero-order valence-corrected chi connectivity index (χ0v) is 20.9. The van der Waals surface area contributed by atoms with Gasteiger partial charge in [-0.1, -0.05) is 36.2 Å². The van der Waals surface area contributed by atoms with Gasteiger partial charge in [0, 0.05) is 31.5 Å². The predicted octanol–water partition coefficient (Wildman–Crippen LogP) is 3.47. The summed E-state index contributed by atoms with van der Waals surface area (Å²) < 4.78 is 40.7. The molecule has 37 heavy (non-hydrogen) atoms. The second-order valence-corrected chi connectivity index (χ2v) is 9.73. The number of carbonyl (C=O) groups excluding carboxylic acids is 2. The van der Waals surface area contributed by atoms with Crippen LogP contribution in [-0.4, -0.2) is 54.2 Å². The fourth-order valence-corrected chi connectivity index (χ4v) is 5.65. The normalized spacial score (nSPS) is 22.9. The minimum Gasteiger partial charge on any atom is -0.491 e. The number of hydrogen-bond acceptors (Lipinski definition) is 5. The van der Waals surface area contributed by atoms with Crippen LogP contribution in [0.1, 0.15) is 51.7 Å². The maximum atomic E-state index is 14.3. The molecule has 0 saturated carbocycles. The monoisotopic (exact) mass is 533 g/mol. The van der Waals surface area contributed by atoms with Gasteiger partial charge >= 0.3 is 0 Å². The third-order valence-corrected chi connectivity index (χ3v) is 7.61. The van der Waals surface area contributed by atoms with Crippen LogP contribution < -0.4 is 15.5 Å². The van der Waals surface area contributed by atoms with Crippen molar-refractivity contribution in [2.45, 2.75) is 37.9 Å². The molecule has 0 spiro atoms. The van der Waals surface area contributed by atoms with Crippen molar-refractivity contribution in [1.29, 1.82) is 0 Å². The van der Waals surface area contributed by atoms with E-state index in [1.165, 1.54) is 13.3 Å². The first kappa shape index (κ1) is 25.4. The third-order valence-electron chi connectivity index (χ3n) is 7.26. The van der Waals surface area contributed by atoms with E-state index in [1.807, 2.05) is 6.08 Å². The Morgan fingerprint density at radius 2 is 2.08 bits per heavy atom. The highest BCUT2D eigenvalue weighted by atomic mass is 35.5. The Labute approximate surface area is 216 Å². The molecule has 2 aromatic rings. The minimum absolute atomic E-state index is 0.0444. The van der Waals surface area contributed by atoms with Gasteiger partial charge in [-0.3, -0.25) is 14.4 Å². The van der Waals surface area contributed by atoms with Crippen LogP contribution in [0.15, 0.2) is 35.3 Å². The van der Waals surface area contributed by atoms with E-state index in [1.54, 1.807) is 9.47 Å². The SMILES string of the molecule is COc1c2n(cc(C(=O)NCc3ccc(F)c(Cl)c3F)c1=O)[C@H]1COCCCCC3C=CCN(C2=O)C31. The van der Waals surface area contributed by atoms with E-state index in [4.69, 9.17) is 21.1 Å². The highest BCUT2D eigenvalue weighted by Gasteiger charge is 2.46. The Bertz CT molecular complexity index is 1340. The van der Waals surface area contributed by atoms with Crippen molar-refractivity contribution in [2.75, 3.05) is 26.9 Å². The Morgan fingerprint density at radius 1 is 1.27 bits per heavy atom. The molecule has 0 bridgehead atoms. The van der Waals surface area contributed by atoms with E-state index in [9.17, 15) is 23.2 Å². The maximum absolute atomic E-state index is 14.3. The van der Waals surface area contributed by atoms with Gasteiger partial charge in [-0.05, 0) is 24.8 Å². The topological polar surface area (TPSA) is 89.9 Å². The molecule has 0 aliphatic carbocycles. The number of nitrogens with one attached hydrogen (secondary N) is 1. The van der Waals surface area contributed by atoms with Gasteiger partial charge in [-0.15, -0.1) is 0 Å². The summed E-state index contributed by atoms with van der Waals surface area (Å²) >= 11 is 5.63. The molecule has 11 heteroatoms. The molecular weight excluding hydrogens is 508 g/mol. The van der Waals surface area contributed by atoms with E-state index < -0.39 is 28.0 Å². The van der Waals surface area contributed by atoms with Crippen LogP contribution >= 0.6 is 11.6 Å². The molecule has 3 aliphatic rings. The molecule has 1 N–H and O–H groups in total. The molecular formula is C26H26ClF2N3O5. The summed E-state index contributed by atoms with van der Waals surface area (Å²) in [6.45, 7) is 0.933. The second-order valence-electron chi connectivity index (χ2n) is 9.36. The molecule has 0 radical (unpaired) electrons. The van der Waals surface area contributed by atoms with Crippen LogP contribution in [0, 0.1) is 17.6 Å². The third kappa shape index (κ3) is 4.42. The Balaban J connectivity index is 1.55. The van der Waals surface area contributed by atoms with E-state index >= 15 is 0 Å². The highest BCUT2D eigenvalue weighted by Crippen LogP contribution is 2.39. The summed E-state index contributed by atoms with van der Waals surface area (Å²) in [4.78, 5) is 41.8. The lowest BCUT2D eigenvalue weighted by Crippen LogP contribution is -2.57. The van der Waals surface area contributed by atoms with Gasteiger partial charge in [-0.25, -0.2) is 8.78 Å². The zero-order valence-electron chi connectivity index (χ0n) is 20.1. The average Bonchev–Trinajstić information content (AvgIpc) is 3.00. The first-order valence-electron chi connectivity index (χ1n) is 12.1. The first-order valence-corrected chi connectivity index (χ1v) is 12.5. The molecule has 1 aromatic heterocycles. The van der Waals surface area contributed by atoms with Crippen molar-refractivity contribution < 1.29 is 27.8 Å². The van der Waals surface area contributed by atoms with Gasteiger partial charge in [0.1, 0.15) is 22.2 Å². The fourth-order valence-electron chi connectivity index (χ4n) is 5.46. The average molecular weight is 534 g/mol. The van der Waals surface area contributed by atoms with Crippen molar-refractivity contribution in [3.63, 3.8) is 0 Å². The number of rotatable bonds is 4. The number of pyridine rings is 1. The summed E-state index contributed by atoms with van der Waals surface area (Å²) in [7, 11) is 1.27. The fraction of sp³-hybridized carbons (Fsp3) is 0.423. The van der Waals surface area contributed by atoms with E-state index in [0.717, 1.165) is 31.4 Å². The van der Waals surface area contributed by atoms with Gasteiger partial charge in [0.25, 0.3) is 11.8 Å². The molecule has 4 heterocycles. The summed E-state index contributed by atoms with van der Waals surface area (Å²) in [5, 5.41) is 1.81. The number of fused-ring (bicyclic) bond motifs is 2. The van der Waals surface area contributed by atoms with Gasteiger partial charge in [-0.2, -0.15) is 0 Å². The Morgan fingerprint density at radius 3 is 2.86 bits per heavy atom. The van der Waals surface area contributed by atoms with Crippen molar-refractivity contribution in [1.82, 2.24) is 14.8 Å². The molecule has 3 atom stereocenters. The number of halogens is 3. The van der Waals surface area contributed by atoms with Crippen LogP contribution in [-0.2, 0) is 11.3 Å². The van der Waals surface area contributed by atoms with E-state index in [2.05, 4.69) is 11.4 Å². The molecule has 196 valence electrons. The van der Waals surface area contributed by atoms with Gasteiger partial charge in [0.05, 0.1) is 25.8 Å². The number of carbonyl (C=O) groups is 2. The van der Waals surface area contributed by atoms with Crippen molar-refractivity contribution >= 4 is 23.4 Å². The molecule has 2 amide bonds. The Kier molecular flexibility index (Phi) is 7.04. The van der Waals surface area contributed by atoms with Crippen molar-refractivity contribution in [3.8, 4) is 5.75 Å². The quantitative estimate of drug-likeness (QED) is 0.480. The van der Waals surface area contributed by atoms with Crippen LogP contribution in [0.4, 0.5) is 8.78 Å². The standard InChI is InChI=1S/C26H26ClF2N3O5/c1-36-24-22-26(35)31-9-4-6-14-5-2-3-10-37-13-18(21(14)31)32(22)12-16(23(24)33)25(34)30-11-15-7-8-17(28)19(27)20(15)29/h4,6-8,12,14,18,21H,2-3,5,9-11,13H2,1H3,(H,30,34)/t14?,18-,21?/m0/s1. The van der Waals surface area contributed by atoms with Crippen molar-refractivity contribution in [2.24, 2.45) is 5.92 Å². The summed E-state index contributed by atoms with van der Waals surface area (Å²) in [6.07, 6.45) is 8.20. The van der Waals surface area contributed by atoms with Gasteiger partial charge in [0.15, 0.2) is 11.4 Å². The highest BCUT2D eigenvalue weighted by molar-refractivity contribution is 6.30. The van der Waals surface area contributed by atoms with Crippen LogP contribution in [0.3, 0.4) is 0 Å². The molecule has 5 rings (SSSR count). The number of aromatic nitrogens is 1. The molecule has 1 saturated heterocycles. The Hall–Kier alpha value is -3.24. The molecule has 2 unspecified atom stereocenters. The molecule has 8 nitrogen and oxygen atoms in total. The number of nitrogens with zero attached hydrogens (tertiary/aromatic N) is 2. The number of ether oxygens (including phenoxy) is 2. The minimum atomic E-state index is -0.994. The summed E-state index contributed by atoms with van der Waals surface area (Å²) in [5.74, 6) is -3.19. The summed E-state index contributed by atoms with van der Waals surface area (Å²) in [6, 6.07) is 1.60. The van der Waals surface area contributed by atoms with Crippen LogP contribution in [0.5, 0.6) is 5.75 Å². The number of methoxy groups -OCH3 is 1. The van der Waals surface area contributed by atoms with E-state index in [0.29, 0.717) is 13.2 Å². The molecule has 3 aliphatic heterocycles. The van der Waals surface area contributed by atoms with Crippen LogP contribution in [0.25, 0.3) is 0 Å². The predicted molar refractivity (Wildman–Crippen MR) is 131 cm³/mol. The van der Waals surface area contributed by atoms with E-state index in [-0.39, 0.29) is 59.6 Å². The smallest absolute Gasteiger partial charge is 0.275 e. The number of hydrogen-bond donors (Lipinski definition) is 1. The zero-order chi connectivity index (χ0) is 26.3. The van der Waals surface area contributed by atoms with Crippen molar-refractivity contribution in [3.05, 3.63) is 74.2 Å². The number of benzene rings is 1. The second kappa shape index (κ2) is 10.3. The lowest BCUT2D eigenvalue weighted by Gasteiger charge is -2.47. The lowest BCUT2D eigenvalue weighted by atomic mass is 9.83. The number of amides is 2. The summed E-state index contributed by atoms with van der Waals surface area (Å²) in [5.41, 5.74) is -1.00. The van der Waals surface area contributed by atoms with Crippen LogP contribution in [0.2, 0.25) is 5.02 Å². The largest absolute Gasteiger partial charge is 0.491 e. The lowest BCUT2D eigenvalue weighted by molar-refractivity contribution is 0.0213. The molecule has 1 fully saturated rings. The molecule has 1 aromatic carbocycles. The maximum Gasteiger partial charge on any atom is 0.275 e. The van der Waals surface area contributed by atoms with Gasteiger partial charge < -0.3 is 24.3 Å². The van der Waals surface area contributed by atoms with Gasteiger partial charge in [0.2, 0.25) is 5.43 Å². The first-order chi connectivity index (χ1) is 17.8.